The highest BCUT2D eigenvalue weighted by Crippen LogP contribution is 2.28. The molecule has 1 aromatic heterocycles. The van der Waals surface area contributed by atoms with E-state index in [-0.39, 0.29) is 11.9 Å². The molecule has 202 valence electrons. The highest BCUT2D eigenvalue weighted by molar-refractivity contribution is 5.89. The van der Waals surface area contributed by atoms with E-state index >= 15 is 0 Å². The van der Waals surface area contributed by atoms with Gasteiger partial charge in [0.2, 0.25) is 5.91 Å². The van der Waals surface area contributed by atoms with Crippen LogP contribution in [0.1, 0.15) is 11.1 Å². The molecule has 1 fully saturated rings. The van der Waals surface area contributed by atoms with Crippen LogP contribution < -0.4 is 15.0 Å². The molecule has 3 aromatic carbocycles. The van der Waals surface area contributed by atoms with E-state index in [1.165, 1.54) is 0 Å². The Morgan fingerprint density at radius 1 is 0.949 bits per heavy atom. The second kappa shape index (κ2) is 11.9. The van der Waals surface area contributed by atoms with Crippen LogP contribution in [-0.4, -0.2) is 73.1 Å². The third kappa shape index (κ3) is 6.00. The quantitative estimate of drug-likeness (QED) is 0.360. The lowest BCUT2D eigenvalue weighted by Crippen LogP contribution is -2.56. The number of rotatable bonds is 8. The number of benzene rings is 3. The predicted molar refractivity (Wildman–Crippen MR) is 154 cm³/mol. The second-order valence-electron chi connectivity index (χ2n) is 9.89. The number of ether oxygens (including phenoxy) is 1. The summed E-state index contributed by atoms with van der Waals surface area (Å²) in [4.78, 5) is 36.1. The van der Waals surface area contributed by atoms with E-state index < -0.39 is 6.04 Å². The van der Waals surface area contributed by atoms with Gasteiger partial charge in [0.05, 0.1) is 12.8 Å². The molecule has 1 unspecified atom stereocenters. The Labute approximate surface area is 229 Å². The van der Waals surface area contributed by atoms with E-state index in [4.69, 9.17) is 4.74 Å². The fourth-order valence-corrected chi connectivity index (χ4v) is 5.20. The van der Waals surface area contributed by atoms with E-state index in [0.717, 1.165) is 33.5 Å². The zero-order valence-electron chi connectivity index (χ0n) is 22.5. The molecule has 0 aliphatic carbocycles. The van der Waals surface area contributed by atoms with Crippen molar-refractivity contribution in [3.05, 3.63) is 96.2 Å². The van der Waals surface area contributed by atoms with E-state index in [9.17, 15) is 9.59 Å². The first-order chi connectivity index (χ1) is 19.0. The molecule has 2 N–H and O–H groups in total. The third-order valence-corrected chi connectivity index (χ3v) is 7.33. The van der Waals surface area contributed by atoms with Gasteiger partial charge < -0.3 is 29.7 Å². The molecule has 1 atom stereocenters. The molecule has 0 radical (unpaired) electrons. The molecule has 8 heteroatoms. The van der Waals surface area contributed by atoms with Gasteiger partial charge in [0.1, 0.15) is 11.8 Å². The molecule has 5 rings (SSSR count). The van der Waals surface area contributed by atoms with Crippen LogP contribution in [0.15, 0.2) is 85.1 Å². The third-order valence-electron chi connectivity index (χ3n) is 7.33. The van der Waals surface area contributed by atoms with Gasteiger partial charge in [-0.2, -0.15) is 0 Å². The summed E-state index contributed by atoms with van der Waals surface area (Å²) in [6, 6.07) is 24.9. The predicted octanol–water partition coefficient (Wildman–Crippen LogP) is 4.28. The van der Waals surface area contributed by atoms with Crippen LogP contribution >= 0.6 is 0 Å². The number of nitrogens with one attached hydrogen (secondary N) is 2. The van der Waals surface area contributed by atoms with Crippen molar-refractivity contribution in [2.24, 2.45) is 0 Å². The molecule has 1 aliphatic heterocycles. The van der Waals surface area contributed by atoms with Gasteiger partial charge >= 0.3 is 6.03 Å². The van der Waals surface area contributed by atoms with Gasteiger partial charge in [-0.15, -0.1) is 0 Å². The van der Waals surface area contributed by atoms with Crippen LogP contribution in [0, 0.1) is 0 Å². The Kier molecular flexibility index (Phi) is 8.01. The number of urea groups is 1. The van der Waals surface area contributed by atoms with Crippen molar-refractivity contribution >= 4 is 28.5 Å². The van der Waals surface area contributed by atoms with Gasteiger partial charge in [0.15, 0.2) is 0 Å². The summed E-state index contributed by atoms with van der Waals surface area (Å²) in [5.41, 5.74) is 4.07. The zero-order chi connectivity index (χ0) is 27.2. The number of carbonyl (C=O) groups excluding carboxylic acids is 2. The summed E-state index contributed by atoms with van der Waals surface area (Å²) in [5, 5.41) is 4.13. The molecule has 8 nitrogen and oxygen atoms in total. The zero-order valence-corrected chi connectivity index (χ0v) is 22.5. The number of methoxy groups -OCH3 is 1. The van der Waals surface area contributed by atoms with E-state index in [1.54, 1.807) is 24.0 Å². The number of piperazine rings is 1. The number of likely N-dealkylation sites (N-methyl/N-ethyl adjacent to an activating group) is 1. The minimum absolute atomic E-state index is 0.120. The number of para-hydroxylation sites is 3. The van der Waals surface area contributed by atoms with E-state index in [0.29, 0.717) is 39.1 Å². The molecule has 3 amide bonds. The van der Waals surface area contributed by atoms with Gasteiger partial charge in [-0.1, -0.05) is 60.7 Å². The van der Waals surface area contributed by atoms with E-state index in [2.05, 4.69) is 15.2 Å². The van der Waals surface area contributed by atoms with Crippen molar-refractivity contribution < 1.29 is 14.3 Å². The standard InChI is InChI=1S/C31H35N5O3/c1-34(22-23-10-4-3-5-11-23)30(37)27(20-24-21-32-26-13-7-6-12-25(24)26)33-31(38)36-18-16-35(17-19-36)28-14-8-9-15-29(28)39-2/h3-15,21,27,32H,16-20,22H2,1-2H3,(H,33,38). The van der Waals surface area contributed by atoms with Gasteiger partial charge in [-0.25, -0.2) is 4.79 Å². The van der Waals surface area contributed by atoms with Crippen LogP contribution in [0.4, 0.5) is 10.5 Å². The second-order valence-corrected chi connectivity index (χ2v) is 9.89. The van der Waals surface area contributed by atoms with Crippen molar-refractivity contribution in [2.75, 3.05) is 45.2 Å². The lowest BCUT2D eigenvalue weighted by atomic mass is 10.0. The number of amides is 3. The number of nitrogens with zero attached hydrogens (tertiary/aromatic N) is 3. The Balaban J connectivity index is 1.29. The van der Waals surface area contributed by atoms with Crippen molar-refractivity contribution in [1.29, 1.82) is 0 Å². The van der Waals surface area contributed by atoms with Crippen molar-refractivity contribution in [3.8, 4) is 5.75 Å². The Hall–Kier alpha value is -4.46. The van der Waals surface area contributed by atoms with Crippen LogP contribution in [0.5, 0.6) is 5.75 Å². The molecule has 2 heterocycles. The molecule has 4 aromatic rings. The van der Waals surface area contributed by atoms with Gasteiger partial charge in [-0.05, 0) is 29.3 Å². The minimum atomic E-state index is -0.697. The summed E-state index contributed by atoms with van der Waals surface area (Å²) >= 11 is 0. The average molecular weight is 526 g/mol. The number of anilines is 1. The number of hydrogen-bond acceptors (Lipinski definition) is 4. The molecule has 0 saturated carbocycles. The Bertz CT molecular complexity index is 1410. The van der Waals surface area contributed by atoms with Crippen molar-refractivity contribution in [1.82, 2.24) is 20.1 Å². The maximum atomic E-state index is 13.7. The SMILES string of the molecule is COc1ccccc1N1CCN(C(=O)NC(Cc2c[nH]c3ccccc23)C(=O)N(C)Cc2ccccc2)CC1. The van der Waals surface area contributed by atoms with E-state index in [1.807, 2.05) is 85.1 Å². The largest absolute Gasteiger partial charge is 0.495 e. The first-order valence-corrected chi connectivity index (χ1v) is 13.3. The van der Waals surface area contributed by atoms with Crippen molar-refractivity contribution in [2.45, 2.75) is 19.0 Å². The van der Waals surface area contributed by atoms with Crippen LogP contribution in [0.2, 0.25) is 0 Å². The Morgan fingerprint density at radius 3 is 2.41 bits per heavy atom. The lowest BCUT2D eigenvalue weighted by molar-refractivity contribution is -0.132. The number of fused-ring (bicyclic) bond motifs is 1. The topological polar surface area (TPSA) is 80.9 Å². The summed E-state index contributed by atoms with van der Waals surface area (Å²) in [6.45, 7) is 2.94. The first-order valence-electron chi connectivity index (χ1n) is 13.3. The molecule has 1 aliphatic rings. The van der Waals surface area contributed by atoms with Crippen LogP contribution in [0.3, 0.4) is 0 Å². The molecular formula is C31H35N5O3. The number of carbonyl (C=O) groups is 2. The monoisotopic (exact) mass is 525 g/mol. The number of aromatic nitrogens is 1. The molecule has 0 bridgehead atoms. The van der Waals surface area contributed by atoms with Crippen molar-refractivity contribution in [3.63, 3.8) is 0 Å². The maximum Gasteiger partial charge on any atom is 0.318 e. The van der Waals surface area contributed by atoms with Crippen LogP contribution in [-0.2, 0) is 17.8 Å². The normalized spacial score (nSPS) is 14.2. The van der Waals surface area contributed by atoms with Gasteiger partial charge in [0, 0.05) is 63.3 Å². The summed E-state index contributed by atoms with van der Waals surface area (Å²) in [6.07, 6.45) is 2.33. The lowest BCUT2D eigenvalue weighted by Gasteiger charge is -2.37. The molecule has 1 saturated heterocycles. The maximum absolute atomic E-state index is 13.7. The number of H-pyrrole nitrogens is 1. The fraction of sp³-hybridized carbons (Fsp3) is 0.290. The van der Waals surface area contributed by atoms with Gasteiger partial charge in [0.25, 0.3) is 0 Å². The van der Waals surface area contributed by atoms with Gasteiger partial charge in [-0.3, -0.25) is 4.79 Å². The molecule has 39 heavy (non-hydrogen) atoms. The first kappa shape index (κ1) is 26.2. The highest BCUT2D eigenvalue weighted by Gasteiger charge is 2.29. The minimum Gasteiger partial charge on any atom is -0.495 e. The number of aromatic amines is 1. The molecule has 0 spiro atoms. The van der Waals surface area contributed by atoms with Crippen LogP contribution in [0.25, 0.3) is 10.9 Å². The highest BCUT2D eigenvalue weighted by atomic mass is 16.5. The Morgan fingerprint density at radius 2 is 1.64 bits per heavy atom. The summed E-state index contributed by atoms with van der Waals surface area (Å²) < 4.78 is 5.52. The summed E-state index contributed by atoms with van der Waals surface area (Å²) in [7, 11) is 3.46. The average Bonchev–Trinajstić information content (AvgIpc) is 3.39. The molecular weight excluding hydrogens is 490 g/mol. The fourth-order valence-electron chi connectivity index (χ4n) is 5.20. The number of hydrogen-bond donors (Lipinski definition) is 2. The summed E-state index contributed by atoms with van der Waals surface area (Å²) in [5.74, 6) is 0.700. The smallest absolute Gasteiger partial charge is 0.318 e.